The van der Waals surface area contributed by atoms with Gasteiger partial charge in [-0.15, -0.1) is 0 Å². The summed E-state index contributed by atoms with van der Waals surface area (Å²) in [5.74, 6) is 0.0273. The first-order valence-corrected chi connectivity index (χ1v) is 10.2. The van der Waals surface area contributed by atoms with Crippen LogP contribution < -0.4 is 0 Å². The summed E-state index contributed by atoms with van der Waals surface area (Å²) in [6.45, 7) is 2.05. The Labute approximate surface area is 171 Å². The van der Waals surface area contributed by atoms with E-state index < -0.39 is 0 Å². The van der Waals surface area contributed by atoms with Crippen molar-refractivity contribution in [1.29, 1.82) is 0 Å². The molecule has 2 aromatic heterocycles. The molecule has 0 radical (unpaired) electrons. The van der Waals surface area contributed by atoms with E-state index in [1.54, 1.807) is 11.3 Å². The molecule has 29 heavy (non-hydrogen) atoms. The first-order chi connectivity index (χ1) is 14.2. The van der Waals surface area contributed by atoms with Crippen molar-refractivity contribution in [2.75, 3.05) is 0 Å². The number of thiazole rings is 1. The molecule has 0 aliphatic heterocycles. The molecule has 6 rings (SSSR count). The normalized spacial score (nSPS) is 12.4. The first-order valence-electron chi connectivity index (χ1n) is 9.41. The van der Waals surface area contributed by atoms with E-state index in [0.717, 1.165) is 43.3 Å². The fourth-order valence-corrected chi connectivity index (χ4v) is 4.91. The number of hydrogen-bond donors (Lipinski definition) is 0. The lowest BCUT2D eigenvalue weighted by Gasteiger charge is -2.04. The number of para-hydroxylation sites is 1. The molecule has 2 heterocycles. The van der Waals surface area contributed by atoms with Gasteiger partial charge in [0.2, 0.25) is 5.13 Å². The predicted octanol–water partition coefficient (Wildman–Crippen LogP) is 5.67. The summed E-state index contributed by atoms with van der Waals surface area (Å²) in [4.78, 5) is 18.1. The van der Waals surface area contributed by atoms with Crippen molar-refractivity contribution in [1.82, 2.24) is 14.8 Å². The summed E-state index contributed by atoms with van der Waals surface area (Å²) < 4.78 is 2.95. The minimum atomic E-state index is 0.0273. The maximum absolute atomic E-state index is 13.3. The predicted molar refractivity (Wildman–Crippen MR) is 116 cm³/mol. The van der Waals surface area contributed by atoms with Crippen LogP contribution in [0.3, 0.4) is 0 Å². The number of fused-ring (bicyclic) bond motifs is 4. The minimum Gasteiger partial charge on any atom is -0.288 e. The average Bonchev–Trinajstić information content (AvgIpc) is 3.41. The molecule has 0 atom stereocenters. The van der Waals surface area contributed by atoms with Gasteiger partial charge in [0.15, 0.2) is 5.78 Å². The number of ketones is 1. The highest BCUT2D eigenvalue weighted by Gasteiger charge is 2.35. The van der Waals surface area contributed by atoms with Crippen molar-refractivity contribution in [3.63, 3.8) is 0 Å². The van der Waals surface area contributed by atoms with Crippen molar-refractivity contribution in [2.24, 2.45) is 0 Å². The van der Waals surface area contributed by atoms with E-state index in [9.17, 15) is 4.79 Å². The molecule has 3 aromatic carbocycles. The lowest BCUT2D eigenvalue weighted by atomic mass is 10.0. The van der Waals surface area contributed by atoms with Gasteiger partial charge in [-0.25, -0.2) is 9.67 Å². The Kier molecular flexibility index (Phi) is 3.37. The van der Waals surface area contributed by atoms with Crippen LogP contribution in [0.2, 0.25) is 0 Å². The second-order valence-electron chi connectivity index (χ2n) is 7.19. The standard InChI is InChI=1S/C24H15N3OS/c1-14-7-6-8-15(13-14)21-20-22(16-9-2-3-10-17(16)23(20)28)27(26-21)24-25-18-11-4-5-12-19(18)29-24/h2-13H,1H3. The molecule has 0 saturated carbocycles. The van der Waals surface area contributed by atoms with E-state index in [-0.39, 0.29) is 5.78 Å². The Morgan fingerprint density at radius 3 is 2.52 bits per heavy atom. The number of benzene rings is 3. The molecule has 0 bridgehead atoms. The number of rotatable bonds is 2. The van der Waals surface area contributed by atoms with Crippen LogP contribution in [0.25, 0.3) is 37.9 Å². The molecule has 4 nitrogen and oxygen atoms in total. The number of carbonyl (C=O) groups excluding carboxylic acids is 1. The van der Waals surface area contributed by atoms with Crippen LogP contribution in [0, 0.1) is 6.92 Å². The second-order valence-corrected chi connectivity index (χ2v) is 8.20. The van der Waals surface area contributed by atoms with Crippen LogP contribution >= 0.6 is 11.3 Å². The number of hydrogen-bond acceptors (Lipinski definition) is 4. The molecule has 0 amide bonds. The topological polar surface area (TPSA) is 47.8 Å². The minimum absolute atomic E-state index is 0.0273. The van der Waals surface area contributed by atoms with E-state index in [1.807, 2.05) is 72.3 Å². The Morgan fingerprint density at radius 2 is 1.69 bits per heavy atom. The zero-order valence-corrected chi connectivity index (χ0v) is 16.4. The van der Waals surface area contributed by atoms with Crippen LogP contribution in [0.4, 0.5) is 0 Å². The monoisotopic (exact) mass is 393 g/mol. The molecule has 5 aromatic rings. The van der Waals surface area contributed by atoms with Crippen LogP contribution in [0.1, 0.15) is 21.5 Å². The molecular formula is C24H15N3OS. The fraction of sp³-hybridized carbons (Fsp3) is 0.0417. The third-order valence-corrected chi connectivity index (χ3v) is 6.31. The zero-order chi connectivity index (χ0) is 19.5. The van der Waals surface area contributed by atoms with Gasteiger partial charge in [0.25, 0.3) is 0 Å². The third-order valence-electron chi connectivity index (χ3n) is 5.29. The van der Waals surface area contributed by atoms with Gasteiger partial charge in [0, 0.05) is 16.7 Å². The van der Waals surface area contributed by atoms with Crippen molar-refractivity contribution >= 4 is 27.3 Å². The van der Waals surface area contributed by atoms with E-state index in [4.69, 9.17) is 10.1 Å². The number of carbonyl (C=O) groups is 1. The highest BCUT2D eigenvalue weighted by molar-refractivity contribution is 7.20. The highest BCUT2D eigenvalue weighted by Crippen LogP contribution is 2.43. The van der Waals surface area contributed by atoms with Gasteiger partial charge in [-0.3, -0.25) is 4.79 Å². The van der Waals surface area contributed by atoms with Crippen LogP contribution in [-0.2, 0) is 0 Å². The summed E-state index contributed by atoms with van der Waals surface area (Å²) in [6, 6.07) is 23.9. The molecule has 0 N–H and O–H groups in total. The largest absolute Gasteiger partial charge is 0.288 e. The maximum Gasteiger partial charge on any atom is 0.212 e. The lowest BCUT2D eigenvalue weighted by Crippen LogP contribution is -2.00. The quantitative estimate of drug-likeness (QED) is 0.381. The zero-order valence-electron chi connectivity index (χ0n) is 15.6. The SMILES string of the molecule is Cc1cccc(-c2nn(-c3nc4ccccc4s3)c3c2C(=O)c2ccccc2-3)c1. The van der Waals surface area contributed by atoms with Crippen molar-refractivity contribution in [2.45, 2.75) is 6.92 Å². The Morgan fingerprint density at radius 1 is 0.897 bits per heavy atom. The number of nitrogens with zero attached hydrogens (tertiary/aromatic N) is 3. The van der Waals surface area contributed by atoms with Gasteiger partial charge in [-0.05, 0) is 25.1 Å². The van der Waals surface area contributed by atoms with E-state index >= 15 is 0 Å². The number of aryl methyl sites for hydroxylation is 1. The second kappa shape index (κ2) is 5.96. The Hall–Kier alpha value is -3.57. The average molecular weight is 393 g/mol. The summed E-state index contributed by atoms with van der Waals surface area (Å²) in [7, 11) is 0. The van der Waals surface area contributed by atoms with Gasteiger partial charge < -0.3 is 0 Å². The van der Waals surface area contributed by atoms with E-state index in [1.165, 1.54) is 0 Å². The van der Waals surface area contributed by atoms with E-state index in [2.05, 4.69) is 12.1 Å². The van der Waals surface area contributed by atoms with Gasteiger partial charge in [-0.1, -0.05) is 71.5 Å². The first kappa shape index (κ1) is 16.4. The summed E-state index contributed by atoms with van der Waals surface area (Å²) >= 11 is 1.58. The Bertz CT molecular complexity index is 1410. The van der Waals surface area contributed by atoms with Crippen molar-refractivity contribution < 1.29 is 4.79 Å². The van der Waals surface area contributed by atoms with Gasteiger partial charge in [0.1, 0.15) is 5.69 Å². The van der Waals surface area contributed by atoms with Crippen LogP contribution in [-0.4, -0.2) is 20.5 Å². The van der Waals surface area contributed by atoms with Gasteiger partial charge >= 0.3 is 0 Å². The summed E-state index contributed by atoms with van der Waals surface area (Å²) in [5.41, 5.74) is 6.87. The molecule has 1 aliphatic rings. The maximum atomic E-state index is 13.3. The number of aromatic nitrogens is 3. The fourth-order valence-electron chi connectivity index (χ4n) is 3.99. The summed E-state index contributed by atoms with van der Waals surface area (Å²) in [6.07, 6.45) is 0. The molecule has 0 spiro atoms. The van der Waals surface area contributed by atoms with Gasteiger partial charge in [0.05, 0.1) is 21.5 Å². The lowest BCUT2D eigenvalue weighted by molar-refractivity contribution is 0.104. The van der Waals surface area contributed by atoms with E-state index in [0.29, 0.717) is 11.3 Å². The third kappa shape index (κ3) is 2.34. The van der Waals surface area contributed by atoms with Crippen LogP contribution in [0.5, 0.6) is 0 Å². The Balaban J connectivity index is 1.68. The molecule has 0 unspecified atom stereocenters. The summed E-state index contributed by atoms with van der Waals surface area (Å²) in [5, 5.41) is 5.67. The molecule has 5 heteroatoms. The highest BCUT2D eigenvalue weighted by atomic mass is 32.1. The molecule has 138 valence electrons. The molecular weight excluding hydrogens is 378 g/mol. The van der Waals surface area contributed by atoms with Crippen molar-refractivity contribution in [3.8, 4) is 27.6 Å². The smallest absolute Gasteiger partial charge is 0.212 e. The van der Waals surface area contributed by atoms with Crippen molar-refractivity contribution in [3.05, 3.63) is 89.5 Å². The van der Waals surface area contributed by atoms with Gasteiger partial charge in [-0.2, -0.15) is 5.10 Å². The molecule has 1 aliphatic carbocycles. The van der Waals surface area contributed by atoms with Crippen LogP contribution in [0.15, 0.2) is 72.8 Å². The molecule has 0 saturated heterocycles. The molecule has 0 fully saturated rings.